The van der Waals surface area contributed by atoms with Crippen molar-refractivity contribution < 1.29 is 19.4 Å². The van der Waals surface area contributed by atoms with Crippen molar-refractivity contribution in [2.45, 2.75) is 38.3 Å². The Morgan fingerprint density at radius 3 is 2.50 bits per heavy atom. The Morgan fingerprint density at radius 2 is 1.92 bits per heavy atom. The lowest BCUT2D eigenvalue weighted by Crippen LogP contribution is -2.54. The van der Waals surface area contributed by atoms with Gasteiger partial charge in [-0.05, 0) is 25.1 Å². The van der Waals surface area contributed by atoms with Gasteiger partial charge in [0.05, 0.1) is 0 Å². The minimum absolute atomic E-state index is 0.00910. The molecule has 7 nitrogen and oxygen atoms in total. The van der Waals surface area contributed by atoms with Gasteiger partial charge in [0.1, 0.15) is 5.75 Å². The zero-order valence-corrected chi connectivity index (χ0v) is 14.8. The number of carboxylic acid groups (broad SMARTS) is 1. The van der Waals surface area contributed by atoms with Crippen LogP contribution in [0.15, 0.2) is 42.7 Å². The summed E-state index contributed by atoms with van der Waals surface area (Å²) in [6.45, 7) is 3.22. The Hall–Kier alpha value is -2.83. The first-order valence-electron chi connectivity index (χ1n) is 8.73. The molecule has 1 fully saturated rings. The number of ether oxygens (including phenoxy) is 1. The van der Waals surface area contributed by atoms with E-state index in [4.69, 9.17) is 4.74 Å². The normalized spacial score (nSPS) is 16.3. The van der Waals surface area contributed by atoms with Gasteiger partial charge < -0.3 is 14.7 Å². The summed E-state index contributed by atoms with van der Waals surface area (Å²) in [6.07, 6.45) is 4.37. The van der Waals surface area contributed by atoms with Crippen LogP contribution in [0.5, 0.6) is 5.75 Å². The molecule has 26 heavy (non-hydrogen) atoms. The molecule has 0 saturated carbocycles. The summed E-state index contributed by atoms with van der Waals surface area (Å²) in [5.74, 6) is -0.437. The second kappa shape index (κ2) is 7.59. The molecule has 138 valence electrons. The van der Waals surface area contributed by atoms with E-state index in [0.29, 0.717) is 31.8 Å². The molecule has 1 aromatic heterocycles. The number of amides is 1. The predicted octanol–water partition coefficient (Wildman–Crippen LogP) is 2.11. The van der Waals surface area contributed by atoms with Crippen LogP contribution in [0, 0.1) is 6.92 Å². The Kier molecular flexibility index (Phi) is 5.25. The summed E-state index contributed by atoms with van der Waals surface area (Å²) in [5, 5.41) is 13.8. The Bertz CT molecular complexity index is 748. The number of carboxylic acids is 1. The van der Waals surface area contributed by atoms with Crippen LogP contribution in [-0.2, 0) is 16.1 Å². The molecule has 0 radical (unpaired) electrons. The maximum atomic E-state index is 12.4. The lowest BCUT2D eigenvalue weighted by Gasteiger charge is -2.39. The van der Waals surface area contributed by atoms with E-state index in [1.54, 1.807) is 27.9 Å². The third-order valence-corrected chi connectivity index (χ3v) is 4.76. The van der Waals surface area contributed by atoms with Gasteiger partial charge in [0.25, 0.3) is 0 Å². The van der Waals surface area contributed by atoms with Gasteiger partial charge in [-0.15, -0.1) is 0 Å². The highest BCUT2D eigenvalue weighted by Crippen LogP contribution is 2.29. The molecule has 0 atom stereocenters. The average Bonchev–Trinajstić information content (AvgIpc) is 3.16. The van der Waals surface area contributed by atoms with E-state index in [0.717, 1.165) is 5.56 Å². The molecule has 0 spiro atoms. The summed E-state index contributed by atoms with van der Waals surface area (Å²) in [5.41, 5.74) is -0.201. The van der Waals surface area contributed by atoms with Gasteiger partial charge in [-0.1, -0.05) is 17.7 Å². The zero-order valence-electron chi connectivity index (χ0n) is 14.8. The molecule has 1 N–H and O–H groups in total. The minimum Gasteiger partial charge on any atom is -0.478 e. The van der Waals surface area contributed by atoms with Gasteiger partial charge in [-0.25, -0.2) is 4.79 Å². The van der Waals surface area contributed by atoms with Crippen LogP contribution in [0.1, 0.15) is 24.8 Å². The molecule has 3 rings (SSSR count). The highest BCUT2D eigenvalue weighted by Gasteiger charge is 2.44. The number of hydrogen-bond donors (Lipinski definition) is 1. The van der Waals surface area contributed by atoms with Crippen molar-refractivity contribution in [3.05, 3.63) is 48.3 Å². The van der Waals surface area contributed by atoms with Crippen molar-refractivity contribution in [2.24, 2.45) is 0 Å². The first-order valence-corrected chi connectivity index (χ1v) is 8.73. The van der Waals surface area contributed by atoms with Crippen LogP contribution in [0.3, 0.4) is 0 Å². The molecule has 1 aliphatic heterocycles. The van der Waals surface area contributed by atoms with Crippen LogP contribution in [-0.4, -0.2) is 50.4 Å². The fourth-order valence-electron chi connectivity index (χ4n) is 3.11. The number of benzene rings is 1. The maximum absolute atomic E-state index is 12.4. The fourth-order valence-corrected chi connectivity index (χ4v) is 3.11. The molecule has 0 bridgehead atoms. The first kappa shape index (κ1) is 18.0. The van der Waals surface area contributed by atoms with Crippen LogP contribution in [0.4, 0.5) is 0 Å². The summed E-state index contributed by atoms with van der Waals surface area (Å²) in [4.78, 5) is 25.9. The monoisotopic (exact) mass is 357 g/mol. The minimum atomic E-state index is -1.28. The third kappa shape index (κ3) is 4.04. The van der Waals surface area contributed by atoms with Crippen LogP contribution in [0.2, 0.25) is 0 Å². The lowest BCUT2D eigenvalue weighted by molar-refractivity contribution is -0.161. The van der Waals surface area contributed by atoms with E-state index in [2.05, 4.69) is 5.10 Å². The number of likely N-dealkylation sites (tertiary alicyclic amines) is 1. The third-order valence-electron chi connectivity index (χ3n) is 4.76. The predicted molar refractivity (Wildman–Crippen MR) is 94.8 cm³/mol. The van der Waals surface area contributed by atoms with Gasteiger partial charge in [-0.2, -0.15) is 5.10 Å². The second-order valence-corrected chi connectivity index (χ2v) is 6.61. The molecule has 0 unspecified atom stereocenters. The molecule has 0 aliphatic carbocycles. The SMILES string of the molecule is Cc1ccc(OC2(C(=O)O)CCN(C(=O)CCn3cccn3)CC2)cc1. The Labute approximate surface area is 152 Å². The van der Waals surface area contributed by atoms with E-state index in [-0.39, 0.29) is 18.7 Å². The van der Waals surface area contributed by atoms with Crippen LogP contribution < -0.4 is 4.74 Å². The standard InChI is InChI=1S/C19H23N3O4/c1-15-3-5-16(6-4-15)26-19(18(24)25)8-13-21(14-9-19)17(23)7-12-22-11-2-10-20-22/h2-6,10-11H,7-9,12-14H2,1H3,(H,24,25). The van der Waals surface area contributed by atoms with E-state index in [9.17, 15) is 14.7 Å². The number of hydrogen-bond acceptors (Lipinski definition) is 4. The second-order valence-electron chi connectivity index (χ2n) is 6.61. The molecule has 1 saturated heterocycles. The molecular formula is C19H23N3O4. The lowest BCUT2D eigenvalue weighted by atomic mass is 9.90. The summed E-state index contributed by atoms with van der Waals surface area (Å²) >= 11 is 0. The average molecular weight is 357 g/mol. The topological polar surface area (TPSA) is 84.7 Å². The number of rotatable bonds is 6. The zero-order chi connectivity index (χ0) is 18.6. The van der Waals surface area contributed by atoms with Crippen molar-refractivity contribution in [1.29, 1.82) is 0 Å². The highest BCUT2D eigenvalue weighted by atomic mass is 16.5. The summed E-state index contributed by atoms with van der Waals surface area (Å²) in [6, 6.07) is 9.15. The number of nitrogens with zero attached hydrogens (tertiary/aromatic N) is 3. The van der Waals surface area contributed by atoms with Gasteiger partial charge in [0.15, 0.2) is 0 Å². The summed E-state index contributed by atoms with van der Waals surface area (Å²) in [7, 11) is 0. The maximum Gasteiger partial charge on any atom is 0.348 e. The number of piperidine rings is 1. The Balaban J connectivity index is 1.59. The Morgan fingerprint density at radius 1 is 1.23 bits per heavy atom. The van der Waals surface area contributed by atoms with Gasteiger partial charge in [-0.3, -0.25) is 9.48 Å². The summed E-state index contributed by atoms with van der Waals surface area (Å²) < 4.78 is 7.57. The van der Waals surface area contributed by atoms with Gasteiger partial charge >= 0.3 is 5.97 Å². The van der Waals surface area contributed by atoms with E-state index >= 15 is 0 Å². The van der Waals surface area contributed by atoms with Crippen molar-refractivity contribution in [2.75, 3.05) is 13.1 Å². The molecule has 1 aliphatic rings. The number of aliphatic carboxylic acids is 1. The van der Waals surface area contributed by atoms with E-state index < -0.39 is 11.6 Å². The van der Waals surface area contributed by atoms with E-state index in [1.165, 1.54) is 0 Å². The van der Waals surface area contributed by atoms with E-state index in [1.807, 2.05) is 31.3 Å². The van der Waals surface area contributed by atoms with Crippen LogP contribution in [0.25, 0.3) is 0 Å². The quantitative estimate of drug-likeness (QED) is 0.856. The van der Waals surface area contributed by atoms with Gasteiger partial charge in [0.2, 0.25) is 11.5 Å². The number of carbonyl (C=O) groups excluding carboxylic acids is 1. The van der Waals surface area contributed by atoms with Crippen LogP contribution >= 0.6 is 0 Å². The highest BCUT2D eigenvalue weighted by molar-refractivity contribution is 5.80. The van der Waals surface area contributed by atoms with Crippen molar-refractivity contribution >= 4 is 11.9 Å². The smallest absolute Gasteiger partial charge is 0.348 e. The number of carbonyl (C=O) groups is 2. The molecule has 7 heteroatoms. The molecule has 1 amide bonds. The first-order chi connectivity index (χ1) is 12.5. The molecule has 2 aromatic rings. The number of aryl methyl sites for hydroxylation is 2. The van der Waals surface area contributed by atoms with Gasteiger partial charge in [0, 0.05) is 51.3 Å². The molecular weight excluding hydrogens is 334 g/mol. The fraction of sp³-hybridized carbons (Fsp3) is 0.421. The van der Waals surface area contributed by atoms with Crippen molar-refractivity contribution in [3.8, 4) is 5.75 Å². The van der Waals surface area contributed by atoms with Crippen molar-refractivity contribution in [1.82, 2.24) is 14.7 Å². The largest absolute Gasteiger partial charge is 0.478 e. The molecule has 2 heterocycles. The number of aromatic nitrogens is 2. The molecule has 1 aromatic carbocycles. The van der Waals surface area contributed by atoms with Crippen molar-refractivity contribution in [3.63, 3.8) is 0 Å².